The first-order valence-corrected chi connectivity index (χ1v) is 11.3. The SMILES string of the molecule is CCOC(=O)C#CCOC/C=C/C=C/CCO[Si](C)(C)C(C)(C)C. The van der Waals surface area contributed by atoms with Crippen LogP contribution in [0, 0.1) is 11.8 Å². The molecule has 0 spiro atoms. The van der Waals surface area contributed by atoms with Gasteiger partial charge in [-0.05, 0) is 31.5 Å². The fourth-order valence-electron chi connectivity index (χ4n) is 1.36. The Balaban J connectivity index is 3.75. The minimum atomic E-state index is -1.63. The van der Waals surface area contributed by atoms with Crippen LogP contribution in [0.5, 0.6) is 0 Å². The number of ether oxygens (including phenoxy) is 2. The number of hydrogen-bond acceptors (Lipinski definition) is 4. The first-order chi connectivity index (χ1) is 11.2. The highest BCUT2D eigenvalue weighted by atomic mass is 28.4. The van der Waals surface area contributed by atoms with Crippen LogP contribution in [-0.4, -0.2) is 40.7 Å². The van der Waals surface area contributed by atoms with Crippen LogP contribution in [0.3, 0.4) is 0 Å². The molecule has 0 saturated carbocycles. The van der Waals surface area contributed by atoms with Crippen molar-refractivity contribution >= 4 is 14.3 Å². The van der Waals surface area contributed by atoms with E-state index in [1.807, 2.05) is 18.2 Å². The Labute approximate surface area is 148 Å². The summed E-state index contributed by atoms with van der Waals surface area (Å²) in [5.74, 6) is 4.44. The van der Waals surface area contributed by atoms with Crippen LogP contribution >= 0.6 is 0 Å². The summed E-state index contributed by atoms with van der Waals surface area (Å²) >= 11 is 0. The van der Waals surface area contributed by atoms with Crippen molar-refractivity contribution in [1.29, 1.82) is 0 Å². The van der Waals surface area contributed by atoms with Crippen molar-refractivity contribution in [1.82, 2.24) is 0 Å². The Morgan fingerprint density at radius 1 is 1.17 bits per heavy atom. The van der Waals surface area contributed by atoms with Gasteiger partial charge < -0.3 is 13.9 Å². The van der Waals surface area contributed by atoms with Gasteiger partial charge in [0.1, 0.15) is 6.61 Å². The second kappa shape index (κ2) is 12.1. The second-order valence-electron chi connectivity index (χ2n) is 6.79. The monoisotopic (exact) mass is 352 g/mol. The third-order valence-electron chi connectivity index (χ3n) is 3.79. The number of rotatable bonds is 9. The van der Waals surface area contributed by atoms with E-state index in [2.05, 4.69) is 56.5 Å². The van der Waals surface area contributed by atoms with Gasteiger partial charge in [0.05, 0.1) is 13.2 Å². The molecule has 0 aliphatic carbocycles. The quantitative estimate of drug-likeness (QED) is 0.157. The Morgan fingerprint density at radius 3 is 2.46 bits per heavy atom. The summed E-state index contributed by atoms with van der Waals surface area (Å²) in [6, 6.07) is 0. The van der Waals surface area contributed by atoms with E-state index in [0.29, 0.717) is 13.2 Å². The largest absolute Gasteiger partial charge is 0.456 e. The molecule has 0 aromatic rings. The molecule has 0 fully saturated rings. The van der Waals surface area contributed by atoms with Crippen molar-refractivity contribution in [3.63, 3.8) is 0 Å². The molecule has 0 bridgehead atoms. The van der Waals surface area contributed by atoms with Gasteiger partial charge in [-0.15, -0.1) is 0 Å². The van der Waals surface area contributed by atoms with Crippen molar-refractivity contribution in [3.05, 3.63) is 24.3 Å². The van der Waals surface area contributed by atoms with Crippen LogP contribution in [-0.2, 0) is 18.7 Å². The van der Waals surface area contributed by atoms with Gasteiger partial charge in [0.15, 0.2) is 8.32 Å². The van der Waals surface area contributed by atoms with Crippen molar-refractivity contribution in [2.45, 2.75) is 52.2 Å². The summed E-state index contributed by atoms with van der Waals surface area (Å²) in [4.78, 5) is 10.9. The fourth-order valence-corrected chi connectivity index (χ4v) is 2.42. The number of allylic oxidation sites excluding steroid dienone is 2. The fraction of sp³-hybridized carbons (Fsp3) is 0.632. The number of carbonyl (C=O) groups excluding carboxylic acids is 1. The van der Waals surface area contributed by atoms with Crippen LogP contribution < -0.4 is 0 Å². The zero-order valence-electron chi connectivity index (χ0n) is 16.0. The summed E-state index contributed by atoms with van der Waals surface area (Å²) in [5, 5.41) is 0.254. The molecule has 5 heteroatoms. The number of esters is 1. The highest BCUT2D eigenvalue weighted by molar-refractivity contribution is 6.74. The summed E-state index contributed by atoms with van der Waals surface area (Å²) in [5.41, 5.74) is 0. The summed E-state index contributed by atoms with van der Waals surface area (Å²) in [6.45, 7) is 14.8. The lowest BCUT2D eigenvalue weighted by Crippen LogP contribution is -2.40. The maximum absolute atomic E-state index is 10.9. The molecule has 0 aliphatic rings. The van der Waals surface area contributed by atoms with Crippen molar-refractivity contribution in [2.75, 3.05) is 26.4 Å². The van der Waals surface area contributed by atoms with Gasteiger partial charge in [0.25, 0.3) is 0 Å². The van der Waals surface area contributed by atoms with Crippen LogP contribution in [0.2, 0.25) is 18.1 Å². The van der Waals surface area contributed by atoms with Gasteiger partial charge in [-0.25, -0.2) is 4.79 Å². The van der Waals surface area contributed by atoms with Gasteiger partial charge in [0.2, 0.25) is 0 Å². The van der Waals surface area contributed by atoms with Crippen LogP contribution in [0.4, 0.5) is 0 Å². The van der Waals surface area contributed by atoms with Crippen LogP contribution in [0.25, 0.3) is 0 Å². The van der Waals surface area contributed by atoms with Crippen molar-refractivity contribution in [2.24, 2.45) is 0 Å². The normalized spacial score (nSPS) is 12.4. The average Bonchev–Trinajstić information content (AvgIpc) is 2.47. The zero-order valence-corrected chi connectivity index (χ0v) is 17.0. The van der Waals surface area contributed by atoms with Crippen LogP contribution in [0.15, 0.2) is 24.3 Å². The third kappa shape index (κ3) is 11.2. The molecule has 0 saturated heterocycles. The van der Waals surface area contributed by atoms with E-state index in [0.717, 1.165) is 13.0 Å². The van der Waals surface area contributed by atoms with Crippen LogP contribution in [0.1, 0.15) is 34.1 Å². The summed E-state index contributed by atoms with van der Waals surface area (Å²) in [6.07, 6.45) is 8.82. The molecular weight excluding hydrogens is 320 g/mol. The Hall–Kier alpha value is -1.35. The first-order valence-electron chi connectivity index (χ1n) is 8.39. The Kier molecular flexibility index (Phi) is 11.4. The van der Waals surface area contributed by atoms with E-state index < -0.39 is 14.3 Å². The Bertz CT molecular complexity index is 476. The minimum Gasteiger partial charge on any atom is -0.456 e. The maximum atomic E-state index is 10.9. The molecule has 0 aromatic carbocycles. The summed E-state index contributed by atoms with van der Waals surface area (Å²) < 4.78 is 16.0. The molecule has 0 atom stereocenters. The van der Waals surface area contributed by atoms with E-state index in [4.69, 9.17) is 9.16 Å². The molecule has 0 aliphatic heterocycles. The van der Waals surface area contributed by atoms with E-state index in [1.165, 1.54) is 0 Å². The zero-order chi connectivity index (χ0) is 18.5. The molecular formula is C19H32O4Si. The smallest absolute Gasteiger partial charge is 0.384 e. The Morgan fingerprint density at radius 2 is 1.83 bits per heavy atom. The standard InChI is InChI=1S/C19H32O4Si/c1-7-22-18(20)14-13-16-21-15-11-9-8-10-12-17-23-24(5,6)19(2,3)4/h8-11H,7,12,15-17H2,1-6H3/b10-8+,11-9+. The molecule has 4 nitrogen and oxygen atoms in total. The molecule has 0 amide bonds. The van der Waals surface area contributed by atoms with Crippen molar-refractivity contribution in [3.8, 4) is 11.8 Å². The molecule has 0 radical (unpaired) electrons. The molecule has 0 heterocycles. The van der Waals surface area contributed by atoms with Gasteiger partial charge in [-0.1, -0.05) is 51.0 Å². The topological polar surface area (TPSA) is 44.8 Å². The molecule has 0 unspecified atom stereocenters. The van der Waals surface area contributed by atoms with Crippen molar-refractivity contribution < 1.29 is 18.7 Å². The lowest BCUT2D eigenvalue weighted by molar-refractivity contribution is -0.136. The third-order valence-corrected chi connectivity index (χ3v) is 8.33. The molecule has 0 aromatic heterocycles. The highest BCUT2D eigenvalue weighted by Gasteiger charge is 2.36. The first kappa shape index (κ1) is 22.6. The van der Waals surface area contributed by atoms with E-state index in [-0.39, 0.29) is 11.6 Å². The number of carbonyl (C=O) groups is 1. The molecule has 0 N–H and O–H groups in total. The summed E-state index contributed by atoms with van der Waals surface area (Å²) in [7, 11) is -1.63. The second-order valence-corrected chi connectivity index (χ2v) is 11.6. The van der Waals surface area contributed by atoms with Gasteiger partial charge in [-0.3, -0.25) is 0 Å². The molecule has 24 heavy (non-hydrogen) atoms. The predicted octanol–water partition coefficient (Wildman–Crippen LogP) is 4.09. The maximum Gasteiger partial charge on any atom is 0.384 e. The minimum absolute atomic E-state index is 0.215. The van der Waals surface area contributed by atoms with Gasteiger partial charge in [-0.2, -0.15) is 0 Å². The lowest BCUT2D eigenvalue weighted by Gasteiger charge is -2.36. The van der Waals surface area contributed by atoms with E-state index in [1.54, 1.807) is 6.92 Å². The lowest BCUT2D eigenvalue weighted by atomic mass is 10.2. The highest BCUT2D eigenvalue weighted by Crippen LogP contribution is 2.36. The molecule has 136 valence electrons. The van der Waals surface area contributed by atoms with Gasteiger partial charge in [0, 0.05) is 12.5 Å². The average molecular weight is 353 g/mol. The van der Waals surface area contributed by atoms with E-state index >= 15 is 0 Å². The van der Waals surface area contributed by atoms with E-state index in [9.17, 15) is 4.79 Å². The van der Waals surface area contributed by atoms with Gasteiger partial charge >= 0.3 is 5.97 Å². The molecule has 0 rings (SSSR count). The number of hydrogen-bond donors (Lipinski definition) is 0. The predicted molar refractivity (Wildman–Crippen MR) is 101 cm³/mol.